The van der Waals surface area contributed by atoms with Crippen molar-refractivity contribution in [2.45, 2.75) is 25.7 Å². The highest BCUT2D eigenvalue weighted by atomic mass is 19.4. The second-order valence-corrected chi connectivity index (χ2v) is 2.87. The minimum Gasteiger partial charge on any atom is -0.314 e. The van der Waals surface area contributed by atoms with Gasteiger partial charge in [0, 0.05) is 12.7 Å². The fourth-order valence-electron chi connectivity index (χ4n) is 0.951. The van der Waals surface area contributed by atoms with Crippen LogP contribution in [-0.2, 0) is 13.1 Å². The van der Waals surface area contributed by atoms with Crippen LogP contribution >= 0.6 is 0 Å². The molecule has 0 bridgehead atoms. The first-order valence-corrected chi connectivity index (χ1v) is 4.11. The van der Waals surface area contributed by atoms with Gasteiger partial charge < -0.3 is 5.32 Å². The van der Waals surface area contributed by atoms with Crippen LogP contribution in [0, 0.1) is 0 Å². The lowest BCUT2D eigenvalue weighted by Crippen LogP contribution is -2.12. The third-order valence-electron chi connectivity index (χ3n) is 1.57. The molecule has 0 amide bonds. The number of nitrogens with one attached hydrogen (secondary N) is 1. The third kappa shape index (κ3) is 3.73. The fourth-order valence-corrected chi connectivity index (χ4v) is 0.951. The van der Waals surface area contributed by atoms with E-state index in [-0.39, 0.29) is 6.54 Å². The summed E-state index contributed by atoms with van der Waals surface area (Å²) in [6.07, 6.45) is -3.52. The monoisotopic (exact) mass is 208 g/mol. The number of halogens is 3. The van der Waals surface area contributed by atoms with Crippen LogP contribution in [0.4, 0.5) is 13.2 Å². The van der Waals surface area contributed by atoms with Gasteiger partial charge in [0.2, 0.25) is 0 Å². The van der Waals surface area contributed by atoms with Crippen LogP contribution in [0.3, 0.4) is 0 Å². The van der Waals surface area contributed by atoms with Gasteiger partial charge in [-0.25, -0.2) is 0 Å². The Hall–Kier alpha value is -1.11. The van der Waals surface area contributed by atoms with Crippen molar-refractivity contribution in [3.63, 3.8) is 0 Å². The molecule has 0 spiro atoms. The van der Waals surface area contributed by atoms with Crippen LogP contribution in [0.1, 0.15) is 12.1 Å². The molecule has 0 aliphatic heterocycles. The van der Waals surface area contributed by atoms with Gasteiger partial charge in [0.15, 0.2) is 0 Å². The standard InChI is InChI=1S/C7H11F3N4/c1-11-4-6-5-14(13-12-6)3-2-7(8,9)10/h5,11H,2-4H2,1H3. The van der Waals surface area contributed by atoms with Crippen LogP contribution < -0.4 is 5.32 Å². The van der Waals surface area contributed by atoms with Crippen LogP contribution in [0.25, 0.3) is 0 Å². The molecule has 4 nitrogen and oxygen atoms in total. The van der Waals surface area contributed by atoms with Crippen molar-refractivity contribution in [1.29, 1.82) is 0 Å². The maximum Gasteiger partial charge on any atom is 0.390 e. The highest BCUT2D eigenvalue weighted by molar-refractivity contribution is 4.90. The molecule has 0 radical (unpaired) electrons. The number of alkyl halides is 3. The number of aryl methyl sites for hydroxylation is 1. The Balaban J connectivity index is 2.44. The SMILES string of the molecule is CNCc1cn(CCC(F)(F)F)nn1. The van der Waals surface area contributed by atoms with Gasteiger partial charge in [-0.3, -0.25) is 4.68 Å². The van der Waals surface area contributed by atoms with E-state index < -0.39 is 12.6 Å². The van der Waals surface area contributed by atoms with E-state index in [9.17, 15) is 13.2 Å². The Bertz CT molecular complexity index is 281. The summed E-state index contributed by atoms with van der Waals surface area (Å²) < 4.78 is 36.7. The molecule has 7 heteroatoms. The lowest BCUT2D eigenvalue weighted by Gasteiger charge is -2.04. The highest BCUT2D eigenvalue weighted by Gasteiger charge is 2.26. The van der Waals surface area contributed by atoms with Gasteiger partial charge in [-0.05, 0) is 7.05 Å². The molecule has 0 atom stereocenters. The lowest BCUT2D eigenvalue weighted by atomic mass is 10.4. The summed E-state index contributed by atoms with van der Waals surface area (Å²) in [5.41, 5.74) is 0.634. The maximum atomic E-state index is 11.8. The molecule has 0 saturated carbocycles. The summed E-state index contributed by atoms with van der Waals surface area (Å²) in [5, 5.41) is 10.1. The van der Waals surface area contributed by atoms with Gasteiger partial charge in [-0.2, -0.15) is 13.2 Å². The molecule has 1 aromatic heterocycles. The Morgan fingerprint density at radius 3 is 2.79 bits per heavy atom. The van der Waals surface area contributed by atoms with Gasteiger partial charge in [0.25, 0.3) is 0 Å². The molecule has 14 heavy (non-hydrogen) atoms. The van der Waals surface area contributed by atoms with Crippen molar-refractivity contribution in [3.8, 4) is 0 Å². The lowest BCUT2D eigenvalue weighted by molar-refractivity contribution is -0.137. The van der Waals surface area contributed by atoms with Crippen molar-refractivity contribution in [3.05, 3.63) is 11.9 Å². The molecule has 0 aliphatic rings. The number of hydrogen-bond donors (Lipinski definition) is 1. The molecule has 0 unspecified atom stereocenters. The van der Waals surface area contributed by atoms with Crippen molar-refractivity contribution < 1.29 is 13.2 Å². The average Bonchev–Trinajstić information content (AvgIpc) is 2.49. The van der Waals surface area contributed by atoms with E-state index in [0.717, 1.165) is 0 Å². The number of hydrogen-bond acceptors (Lipinski definition) is 3. The number of aromatic nitrogens is 3. The van der Waals surface area contributed by atoms with Gasteiger partial charge in [0.1, 0.15) is 0 Å². The highest BCUT2D eigenvalue weighted by Crippen LogP contribution is 2.19. The minimum absolute atomic E-state index is 0.180. The molecule has 0 saturated heterocycles. The molecular formula is C7H11F3N4. The molecule has 1 aromatic rings. The van der Waals surface area contributed by atoms with Crippen molar-refractivity contribution in [2.75, 3.05) is 7.05 Å². The van der Waals surface area contributed by atoms with E-state index in [1.165, 1.54) is 10.9 Å². The minimum atomic E-state index is -4.14. The largest absolute Gasteiger partial charge is 0.390 e. The summed E-state index contributed by atoms with van der Waals surface area (Å²) in [7, 11) is 1.73. The Morgan fingerprint density at radius 2 is 2.21 bits per heavy atom. The summed E-state index contributed by atoms with van der Waals surface area (Å²) in [4.78, 5) is 0. The van der Waals surface area contributed by atoms with Gasteiger partial charge in [-0.15, -0.1) is 5.10 Å². The maximum absolute atomic E-state index is 11.8. The summed E-state index contributed by atoms with van der Waals surface area (Å²) >= 11 is 0. The van der Waals surface area contributed by atoms with E-state index in [2.05, 4.69) is 15.6 Å². The predicted molar refractivity (Wildman–Crippen MR) is 43.5 cm³/mol. The summed E-state index contributed by atoms with van der Waals surface area (Å²) in [6, 6.07) is 0. The molecule has 0 fully saturated rings. The van der Waals surface area contributed by atoms with Crippen molar-refractivity contribution >= 4 is 0 Å². The first-order valence-electron chi connectivity index (χ1n) is 4.11. The van der Waals surface area contributed by atoms with E-state index in [0.29, 0.717) is 12.2 Å². The Labute approximate surface area is 79.1 Å². The van der Waals surface area contributed by atoms with E-state index in [1.54, 1.807) is 7.05 Å². The smallest absolute Gasteiger partial charge is 0.314 e. The molecule has 0 aromatic carbocycles. The summed E-state index contributed by atoms with van der Waals surface area (Å²) in [5.74, 6) is 0. The van der Waals surface area contributed by atoms with E-state index in [1.807, 2.05) is 0 Å². The molecule has 1 rings (SSSR count). The van der Waals surface area contributed by atoms with Gasteiger partial charge in [0.05, 0.1) is 18.7 Å². The number of nitrogens with zero attached hydrogens (tertiary/aromatic N) is 3. The number of rotatable bonds is 4. The van der Waals surface area contributed by atoms with Crippen LogP contribution in [0.5, 0.6) is 0 Å². The second-order valence-electron chi connectivity index (χ2n) is 2.87. The Kier molecular flexibility index (Phi) is 3.45. The molecule has 0 aliphatic carbocycles. The van der Waals surface area contributed by atoms with E-state index >= 15 is 0 Å². The summed E-state index contributed by atoms with van der Waals surface area (Å²) in [6.45, 7) is 0.326. The predicted octanol–water partition coefficient (Wildman–Crippen LogP) is 0.950. The van der Waals surface area contributed by atoms with Crippen LogP contribution in [-0.4, -0.2) is 28.2 Å². The third-order valence-corrected chi connectivity index (χ3v) is 1.57. The van der Waals surface area contributed by atoms with Crippen LogP contribution in [0.2, 0.25) is 0 Å². The van der Waals surface area contributed by atoms with Gasteiger partial charge >= 0.3 is 6.18 Å². The normalized spacial score (nSPS) is 12.0. The Morgan fingerprint density at radius 1 is 1.50 bits per heavy atom. The quantitative estimate of drug-likeness (QED) is 0.801. The molecule has 80 valence electrons. The van der Waals surface area contributed by atoms with Crippen molar-refractivity contribution in [1.82, 2.24) is 20.3 Å². The average molecular weight is 208 g/mol. The fraction of sp³-hybridized carbons (Fsp3) is 0.714. The van der Waals surface area contributed by atoms with Crippen molar-refractivity contribution in [2.24, 2.45) is 0 Å². The zero-order valence-electron chi connectivity index (χ0n) is 7.67. The topological polar surface area (TPSA) is 42.7 Å². The molecular weight excluding hydrogens is 197 g/mol. The van der Waals surface area contributed by atoms with E-state index in [4.69, 9.17) is 0 Å². The molecule has 1 heterocycles. The van der Waals surface area contributed by atoms with Gasteiger partial charge in [-0.1, -0.05) is 5.21 Å². The second kappa shape index (κ2) is 4.41. The first kappa shape index (κ1) is 11.0. The zero-order chi connectivity index (χ0) is 10.6. The first-order chi connectivity index (χ1) is 6.51. The zero-order valence-corrected chi connectivity index (χ0v) is 7.67. The van der Waals surface area contributed by atoms with Crippen LogP contribution in [0.15, 0.2) is 6.20 Å². The molecule has 1 N–H and O–H groups in total.